The monoisotopic (exact) mass is 932 g/mol. The van der Waals surface area contributed by atoms with Crippen LogP contribution in [0.15, 0.2) is 0 Å². The van der Waals surface area contributed by atoms with Crippen molar-refractivity contribution in [3.05, 3.63) is 0 Å². The molecule has 0 saturated carbocycles. The number of esters is 2. The lowest BCUT2D eigenvalue weighted by atomic mass is 10.0. The molecular weight excluding hydrogens is 811 g/mol. The molecule has 5 heteroatoms. The number of hydrogen-bond donors (Lipinski definition) is 1. The van der Waals surface area contributed by atoms with E-state index in [1.165, 1.54) is 308 Å². The molecule has 0 saturated heterocycles. The third-order valence-corrected chi connectivity index (χ3v) is 14.5. The molecule has 0 radical (unpaired) electrons. The Morgan fingerprint density at radius 2 is 0.470 bits per heavy atom. The molecule has 2 N–H and O–H groups in total. The smallest absolute Gasteiger partial charge is 0.322 e. The lowest BCUT2D eigenvalue weighted by Gasteiger charge is -2.11. The van der Waals surface area contributed by atoms with Gasteiger partial charge in [0.15, 0.2) is 0 Å². The number of hydrogen-bond acceptors (Lipinski definition) is 5. The SMILES string of the molecule is CCCCCCCCCCCCCCCCCCCCCCCCCCCCOC(=O)CC[C@H](N)C(=O)OCCCCCCCCCCCCCCCCCCCCCCCCCCCC. The second-order valence-corrected chi connectivity index (χ2v) is 21.2. The van der Waals surface area contributed by atoms with Crippen molar-refractivity contribution in [1.29, 1.82) is 0 Å². The van der Waals surface area contributed by atoms with Crippen LogP contribution in [0.25, 0.3) is 0 Å². The minimum Gasteiger partial charge on any atom is -0.466 e. The number of nitrogens with two attached hydrogens (primary N) is 1. The van der Waals surface area contributed by atoms with Crippen LogP contribution in [0.4, 0.5) is 0 Å². The quantitative estimate of drug-likeness (QED) is 0.0486. The molecule has 0 rings (SSSR count). The van der Waals surface area contributed by atoms with Gasteiger partial charge in [0.25, 0.3) is 0 Å². The number of carbonyl (C=O) groups excluding carboxylic acids is 2. The maximum Gasteiger partial charge on any atom is 0.322 e. The van der Waals surface area contributed by atoms with E-state index < -0.39 is 12.0 Å². The zero-order valence-corrected chi connectivity index (χ0v) is 45.4. The number of rotatable bonds is 58. The van der Waals surface area contributed by atoms with Crippen molar-refractivity contribution in [1.82, 2.24) is 0 Å². The van der Waals surface area contributed by atoms with Crippen LogP contribution in [0.3, 0.4) is 0 Å². The molecule has 394 valence electrons. The Balaban J connectivity index is 3.30. The average molecular weight is 933 g/mol. The van der Waals surface area contributed by atoms with E-state index in [9.17, 15) is 9.59 Å². The standard InChI is InChI=1S/C61H121NO4/c1-3-5-7-9-11-13-15-17-19-21-23-25-27-29-31-33-35-37-39-41-43-45-47-49-51-53-57-65-60(63)56-55-59(62)61(64)66-58-54-52-50-48-46-44-42-40-38-36-34-32-30-28-26-24-22-20-18-16-14-12-10-8-6-4-2/h59H,3-58,62H2,1-2H3/t59-/m0/s1. The van der Waals surface area contributed by atoms with E-state index in [4.69, 9.17) is 15.2 Å². The number of ether oxygens (including phenoxy) is 2. The van der Waals surface area contributed by atoms with Crippen LogP contribution in [-0.4, -0.2) is 31.2 Å². The molecule has 0 heterocycles. The molecule has 0 fully saturated rings. The van der Waals surface area contributed by atoms with Gasteiger partial charge in [0.05, 0.1) is 13.2 Å². The molecular formula is C61H121NO4. The summed E-state index contributed by atoms with van der Waals surface area (Å²) in [5.41, 5.74) is 6.01. The van der Waals surface area contributed by atoms with Crippen molar-refractivity contribution in [2.45, 2.75) is 367 Å². The van der Waals surface area contributed by atoms with Crippen LogP contribution in [-0.2, 0) is 19.1 Å². The van der Waals surface area contributed by atoms with Crippen LogP contribution in [0.1, 0.15) is 361 Å². The predicted molar refractivity (Wildman–Crippen MR) is 291 cm³/mol. The van der Waals surface area contributed by atoms with Gasteiger partial charge in [-0.1, -0.05) is 335 Å². The highest BCUT2D eigenvalue weighted by Crippen LogP contribution is 2.18. The van der Waals surface area contributed by atoms with Crippen molar-refractivity contribution in [2.24, 2.45) is 5.73 Å². The highest BCUT2D eigenvalue weighted by Gasteiger charge is 2.17. The molecule has 0 bridgehead atoms. The van der Waals surface area contributed by atoms with Crippen LogP contribution < -0.4 is 5.73 Å². The van der Waals surface area contributed by atoms with Crippen molar-refractivity contribution in [3.63, 3.8) is 0 Å². The van der Waals surface area contributed by atoms with Gasteiger partial charge in [0.1, 0.15) is 6.04 Å². The van der Waals surface area contributed by atoms with E-state index in [-0.39, 0.29) is 18.8 Å². The summed E-state index contributed by atoms with van der Waals surface area (Å²) in [4.78, 5) is 24.5. The highest BCUT2D eigenvalue weighted by molar-refractivity contribution is 5.77. The van der Waals surface area contributed by atoms with Gasteiger partial charge in [-0.15, -0.1) is 0 Å². The summed E-state index contributed by atoms with van der Waals surface area (Å²) in [5, 5.41) is 0. The summed E-state index contributed by atoms with van der Waals surface area (Å²) in [6, 6.07) is -0.750. The molecule has 0 aromatic rings. The molecule has 0 aliphatic heterocycles. The van der Waals surface area contributed by atoms with Crippen LogP contribution in [0.2, 0.25) is 0 Å². The molecule has 0 aromatic carbocycles. The molecule has 66 heavy (non-hydrogen) atoms. The van der Waals surface area contributed by atoms with Gasteiger partial charge in [-0.05, 0) is 19.3 Å². The molecule has 0 unspecified atom stereocenters. The maximum absolute atomic E-state index is 12.3. The number of unbranched alkanes of at least 4 members (excludes halogenated alkanes) is 50. The Bertz CT molecular complexity index is 925. The largest absolute Gasteiger partial charge is 0.466 e. The zero-order valence-electron chi connectivity index (χ0n) is 45.4. The third kappa shape index (κ3) is 55.5. The lowest BCUT2D eigenvalue weighted by molar-refractivity contribution is -0.146. The Labute approximate surface area is 415 Å². The first-order valence-corrected chi connectivity index (χ1v) is 30.7. The van der Waals surface area contributed by atoms with E-state index in [1.807, 2.05) is 0 Å². The van der Waals surface area contributed by atoms with Crippen molar-refractivity contribution >= 4 is 11.9 Å². The fourth-order valence-corrected chi connectivity index (χ4v) is 9.77. The fraction of sp³-hybridized carbons (Fsp3) is 0.967. The van der Waals surface area contributed by atoms with E-state index in [0.717, 1.165) is 25.7 Å². The first-order chi connectivity index (χ1) is 32.6. The summed E-state index contributed by atoms with van der Waals surface area (Å²) in [6.07, 6.45) is 72.3. The minimum absolute atomic E-state index is 0.176. The van der Waals surface area contributed by atoms with Gasteiger partial charge < -0.3 is 15.2 Å². The van der Waals surface area contributed by atoms with Gasteiger partial charge in [0, 0.05) is 6.42 Å². The second kappa shape index (κ2) is 58.2. The fourth-order valence-electron chi connectivity index (χ4n) is 9.77. The molecule has 0 spiro atoms. The van der Waals surface area contributed by atoms with E-state index in [1.54, 1.807) is 0 Å². The predicted octanol–water partition coefficient (Wildman–Crippen LogP) is 20.5. The normalized spacial score (nSPS) is 12.0. The first kappa shape index (κ1) is 64.9. The average Bonchev–Trinajstić information content (AvgIpc) is 3.32. The van der Waals surface area contributed by atoms with Crippen LogP contribution in [0, 0.1) is 0 Å². The van der Waals surface area contributed by atoms with Crippen LogP contribution in [0.5, 0.6) is 0 Å². The number of carbonyl (C=O) groups is 2. The highest BCUT2D eigenvalue weighted by atomic mass is 16.5. The molecule has 0 aliphatic rings. The van der Waals surface area contributed by atoms with Gasteiger partial charge in [0.2, 0.25) is 0 Å². The van der Waals surface area contributed by atoms with Crippen molar-refractivity contribution < 1.29 is 19.1 Å². The second-order valence-electron chi connectivity index (χ2n) is 21.2. The Hall–Kier alpha value is -1.10. The molecule has 1 atom stereocenters. The van der Waals surface area contributed by atoms with E-state index in [2.05, 4.69) is 13.8 Å². The molecule has 0 aliphatic carbocycles. The van der Waals surface area contributed by atoms with Crippen molar-refractivity contribution in [3.8, 4) is 0 Å². The molecule has 0 aromatic heterocycles. The molecule has 0 amide bonds. The van der Waals surface area contributed by atoms with E-state index in [0.29, 0.717) is 13.2 Å². The Morgan fingerprint density at radius 3 is 0.682 bits per heavy atom. The summed E-state index contributed by atoms with van der Waals surface area (Å²) in [7, 11) is 0. The topological polar surface area (TPSA) is 78.6 Å². The lowest BCUT2D eigenvalue weighted by Crippen LogP contribution is -2.33. The van der Waals surface area contributed by atoms with Gasteiger partial charge in [-0.3, -0.25) is 9.59 Å². The zero-order chi connectivity index (χ0) is 47.7. The van der Waals surface area contributed by atoms with Crippen LogP contribution >= 0.6 is 0 Å². The Kier molecular flexibility index (Phi) is 57.2. The van der Waals surface area contributed by atoms with Gasteiger partial charge >= 0.3 is 11.9 Å². The first-order valence-electron chi connectivity index (χ1n) is 30.7. The van der Waals surface area contributed by atoms with Crippen molar-refractivity contribution in [2.75, 3.05) is 13.2 Å². The summed E-state index contributed by atoms with van der Waals surface area (Å²) in [5.74, 6) is -0.647. The summed E-state index contributed by atoms with van der Waals surface area (Å²) >= 11 is 0. The van der Waals surface area contributed by atoms with Gasteiger partial charge in [-0.25, -0.2) is 0 Å². The molecule has 5 nitrogen and oxygen atoms in total. The summed E-state index contributed by atoms with van der Waals surface area (Å²) < 4.78 is 10.8. The third-order valence-electron chi connectivity index (χ3n) is 14.5. The minimum atomic E-state index is -0.750. The van der Waals surface area contributed by atoms with Gasteiger partial charge in [-0.2, -0.15) is 0 Å². The maximum atomic E-state index is 12.3. The van der Waals surface area contributed by atoms with E-state index >= 15 is 0 Å². The Morgan fingerprint density at radius 1 is 0.288 bits per heavy atom. The summed E-state index contributed by atoms with van der Waals surface area (Å²) in [6.45, 7) is 5.49.